The van der Waals surface area contributed by atoms with Gasteiger partial charge in [-0.1, -0.05) is 18.2 Å². The van der Waals surface area contributed by atoms with Gasteiger partial charge in [-0.15, -0.1) is 19.0 Å². The lowest BCUT2D eigenvalue weighted by atomic mass is 10.1. The van der Waals surface area contributed by atoms with Crippen molar-refractivity contribution in [2.24, 2.45) is 5.73 Å². The van der Waals surface area contributed by atoms with Crippen molar-refractivity contribution in [2.75, 3.05) is 18.0 Å². The molecule has 1 aromatic rings. The monoisotopic (exact) mass is 240 g/mol. The molecule has 0 fully saturated rings. The molecule has 0 heterocycles. The quantitative estimate of drug-likeness (QED) is 0.802. The van der Waals surface area contributed by atoms with Gasteiger partial charge in [0, 0.05) is 24.8 Å². The highest BCUT2D eigenvalue weighted by molar-refractivity contribution is 5.85. The first-order valence-electron chi connectivity index (χ1n) is 5.46. The molecular formula is C13H21ClN2. The van der Waals surface area contributed by atoms with Crippen molar-refractivity contribution < 1.29 is 0 Å². The first-order valence-corrected chi connectivity index (χ1v) is 5.46. The Hall–Kier alpha value is -0.990. The third kappa shape index (κ3) is 3.54. The van der Waals surface area contributed by atoms with Gasteiger partial charge in [-0.2, -0.15) is 0 Å². The van der Waals surface area contributed by atoms with Crippen molar-refractivity contribution >= 4 is 18.1 Å². The van der Waals surface area contributed by atoms with Crippen molar-refractivity contribution in [1.29, 1.82) is 0 Å². The Balaban J connectivity index is 0.00000225. The van der Waals surface area contributed by atoms with E-state index in [1.54, 1.807) is 6.08 Å². The highest BCUT2D eigenvalue weighted by Crippen LogP contribution is 2.18. The second kappa shape index (κ2) is 7.31. The average Bonchev–Trinajstić information content (AvgIpc) is 2.30. The molecular weight excluding hydrogens is 220 g/mol. The number of anilines is 1. The molecule has 2 nitrogen and oxygen atoms in total. The van der Waals surface area contributed by atoms with Crippen LogP contribution in [0.3, 0.4) is 0 Å². The topological polar surface area (TPSA) is 29.3 Å². The summed E-state index contributed by atoms with van der Waals surface area (Å²) in [7, 11) is 0. The largest absolute Gasteiger partial charge is 0.372 e. The highest BCUT2D eigenvalue weighted by Gasteiger charge is 2.03. The molecule has 0 spiro atoms. The fraction of sp³-hybridized carbons (Fsp3) is 0.385. The molecule has 0 unspecified atom stereocenters. The van der Waals surface area contributed by atoms with E-state index in [9.17, 15) is 0 Å². The molecule has 1 atom stereocenters. The first-order chi connectivity index (χ1) is 7.22. The molecule has 0 aromatic heterocycles. The van der Waals surface area contributed by atoms with Crippen LogP contribution in [-0.2, 0) is 0 Å². The van der Waals surface area contributed by atoms with Crippen LogP contribution in [0.4, 0.5) is 5.69 Å². The third-order valence-corrected chi connectivity index (χ3v) is 2.66. The van der Waals surface area contributed by atoms with Crippen LogP contribution in [0, 0.1) is 0 Å². The maximum atomic E-state index is 5.85. The van der Waals surface area contributed by atoms with E-state index in [-0.39, 0.29) is 18.4 Å². The minimum atomic E-state index is -0.0595. The van der Waals surface area contributed by atoms with Gasteiger partial charge in [0.15, 0.2) is 0 Å². The SMILES string of the molecule is C=C[C@H](N)c1ccc(N(CC)CC)cc1.Cl. The van der Waals surface area contributed by atoms with Gasteiger partial charge < -0.3 is 10.6 Å². The summed E-state index contributed by atoms with van der Waals surface area (Å²) in [6.45, 7) is 10.1. The van der Waals surface area contributed by atoms with Crippen molar-refractivity contribution in [1.82, 2.24) is 0 Å². The highest BCUT2D eigenvalue weighted by atomic mass is 35.5. The Labute approximate surface area is 105 Å². The minimum absolute atomic E-state index is 0. The maximum Gasteiger partial charge on any atom is 0.0478 e. The molecule has 0 saturated carbocycles. The van der Waals surface area contributed by atoms with Gasteiger partial charge in [0.25, 0.3) is 0 Å². The summed E-state index contributed by atoms with van der Waals surface area (Å²) in [5.41, 5.74) is 8.22. The molecule has 0 aliphatic carbocycles. The zero-order valence-electron chi connectivity index (χ0n) is 10.0. The molecule has 0 aliphatic heterocycles. The van der Waals surface area contributed by atoms with Crippen LogP contribution in [0.5, 0.6) is 0 Å². The summed E-state index contributed by atoms with van der Waals surface area (Å²) in [5.74, 6) is 0. The summed E-state index contributed by atoms with van der Waals surface area (Å²) in [6.07, 6.45) is 1.76. The molecule has 1 aromatic carbocycles. The van der Waals surface area contributed by atoms with E-state index in [4.69, 9.17) is 5.73 Å². The number of hydrogen-bond donors (Lipinski definition) is 1. The smallest absolute Gasteiger partial charge is 0.0478 e. The average molecular weight is 241 g/mol. The van der Waals surface area contributed by atoms with Crippen LogP contribution in [0.2, 0.25) is 0 Å². The third-order valence-electron chi connectivity index (χ3n) is 2.66. The molecule has 1 rings (SSSR count). The lowest BCUT2D eigenvalue weighted by Gasteiger charge is -2.21. The number of nitrogens with zero attached hydrogens (tertiary/aromatic N) is 1. The van der Waals surface area contributed by atoms with Crippen molar-refractivity contribution in [3.63, 3.8) is 0 Å². The predicted octanol–water partition coefficient (Wildman–Crippen LogP) is 3.14. The number of benzene rings is 1. The molecule has 0 radical (unpaired) electrons. The molecule has 0 amide bonds. The summed E-state index contributed by atoms with van der Waals surface area (Å²) in [5, 5.41) is 0. The Morgan fingerprint density at radius 2 is 1.75 bits per heavy atom. The van der Waals surface area contributed by atoms with E-state index in [1.165, 1.54) is 5.69 Å². The Bertz CT molecular complexity index is 304. The Morgan fingerprint density at radius 3 is 2.12 bits per heavy atom. The number of halogens is 1. The van der Waals surface area contributed by atoms with E-state index in [1.807, 2.05) is 0 Å². The number of hydrogen-bond acceptors (Lipinski definition) is 2. The lowest BCUT2D eigenvalue weighted by Crippen LogP contribution is -2.21. The number of rotatable bonds is 5. The Morgan fingerprint density at radius 1 is 1.25 bits per heavy atom. The second-order valence-electron chi connectivity index (χ2n) is 3.53. The summed E-state index contributed by atoms with van der Waals surface area (Å²) >= 11 is 0. The van der Waals surface area contributed by atoms with Crippen LogP contribution >= 0.6 is 12.4 Å². The fourth-order valence-corrected chi connectivity index (χ4v) is 1.63. The van der Waals surface area contributed by atoms with E-state index in [0.717, 1.165) is 18.7 Å². The fourth-order valence-electron chi connectivity index (χ4n) is 1.63. The maximum absolute atomic E-state index is 5.85. The van der Waals surface area contributed by atoms with Crippen LogP contribution in [0.25, 0.3) is 0 Å². The molecule has 0 saturated heterocycles. The van der Waals surface area contributed by atoms with Gasteiger partial charge >= 0.3 is 0 Å². The summed E-state index contributed by atoms with van der Waals surface area (Å²) in [4.78, 5) is 2.31. The van der Waals surface area contributed by atoms with Crippen LogP contribution in [-0.4, -0.2) is 13.1 Å². The van der Waals surface area contributed by atoms with E-state index >= 15 is 0 Å². The molecule has 3 heteroatoms. The van der Waals surface area contributed by atoms with E-state index < -0.39 is 0 Å². The zero-order chi connectivity index (χ0) is 11.3. The van der Waals surface area contributed by atoms with Crippen LogP contribution < -0.4 is 10.6 Å². The van der Waals surface area contributed by atoms with Crippen molar-refractivity contribution in [2.45, 2.75) is 19.9 Å². The van der Waals surface area contributed by atoms with Gasteiger partial charge in [-0.3, -0.25) is 0 Å². The lowest BCUT2D eigenvalue weighted by molar-refractivity contribution is 0.862. The van der Waals surface area contributed by atoms with Gasteiger partial charge in [-0.05, 0) is 31.5 Å². The minimum Gasteiger partial charge on any atom is -0.372 e. The Kier molecular flexibility index (Phi) is 6.86. The van der Waals surface area contributed by atoms with E-state index in [2.05, 4.69) is 49.6 Å². The van der Waals surface area contributed by atoms with Gasteiger partial charge in [0.05, 0.1) is 0 Å². The van der Waals surface area contributed by atoms with Crippen LogP contribution in [0.15, 0.2) is 36.9 Å². The number of nitrogens with two attached hydrogens (primary N) is 1. The van der Waals surface area contributed by atoms with Crippen LogP contribution in [0.1, 0.15) is 25.5 Å². The molecule has 16 heavy (non-hydrogen) atoms. The predicted molar refractivity (Wildman–Crippen MR) is 74.4 cm³/mol. The molecule has 2 N–H and O–H groups in total. The van der Waals surface area contributed by atoms with Gasteiger partial charge in [0.1, 0.15) is 0 Å². The molecule has 0 aliphatic rings. The van der Waals surface area contributed by atoms with Crippen molar-refractivity contribution in [3.05, 3.63) is 42.5 Å². The zero-order valence-corrected chi connectivity index (χ0v) is 10.8. The van der Waals surface area contributed by atoms with Gasteiger partial charge in [-0.25, -0.2) is 0 Å². The molecule has 0 bridgehead atoms. The standard InChI is InChI=1S/C13H20N2.ClH/c1-4-13(14)11-7-9-12(10-8-11)15(5-2)6-3;/h4,7-10,13H,1,5-6,14H2,2-3H3;1H/t13-;/m0./s1. The normalized spacial score (nSPS) is 11.4. The van der Waals surface area contributed by atoms with Gasteiger partial charge in [0.2, 0.25) is 0 Å². The van der Waals surface area contributed by atoms with E-state index in [0.29, 0.717) is 0 Å². The second-order valence-corrected chi connectivity index (χ2v) is 3.53. The first kappa shape index (κ1) is 15.0. The van der Waals surface area contributed by atoms with Crippen molar-refractivity contribution in [3.8, 4) is 0 Å². The summed E-state index contributed by atoms with van der Waals surface area (Å²) < 4.78 is 0. The summed E-state index contributed by atoms with van der Waals surface area (Å²) in [6, 6.07) is 8.31. The molecule has 90 valence electrons.